The molecule has 1 aromatic carbocycles. The fourth-order valence-electron chi connectivity index (χ4n) is 4.55. The van der Waals surface area contributed by atoms with Gasteiger partial charge in [0.15, 0.2) is 6.61 Å². The summed E-state index contributed by atoms with van der Waals surface area (Å²) >= 11 is 6.18. The third-order valence-corrected chi connectivity index (χ3v) is 7.03. The van der Waals surface area contributed by atoms with Gasteiger partial charge in [-0.1, -0.05) is 11.6 Å². The third-order valence-electron chi connectivity index (χ3n) is 6.44. The number of benzene rings is 1. The van der Waals surface area contributed by atoms with Crippen LogP contribution < -0.4 is 4.74 Å². The smallest absolute Gasteiger partial charge is 0.260 e. The number of hydrogen-bond donors (Lipinski definition) is 1. The van der Waals surface area contributed by atoms with Crippen LogP contribution in [0.4, 0.5) is 0 Å². The molecule has 0 spiro atoms. The molecule has 1 saturated heterocycles. The van der Waals surface area contributed by atoms with Gasteiger partial charge in [0.2, 0.25) is 5.91 Å². The molecule has 1 aliphatic heterocycles. The number of rotatable bonds is 5. The minimum absolute atomic E-state index is 0.0156. The number of hydrogen-bond acceptors (Lipinski definition) is 5. The summed E-state index contributed by atoms with van der Waals surface area (Å²) < 4.78 is 5.70. The Morgan fingerprint density at radius 3 is 2.33 bits per heavy atom. The lowest BCUT2D eigenvalue weighted by Crippen LogP contribution is -2.55. The van der Waals surface area contributed by atoms with Crippen LogP contribution in [0.25, 0.3) is 0 Å². The maximum absolute atomic E-state index is 12.7. The standard InChI is InChI=1S/C22H32ClN3O4/c1-14-11-17(12-15(2)21(14)23)30-13-20(28)24(4)18-5-6-19(22(18)29)26-9-7-25(8-10-26)16(3)27/h11-12,18-19,22,29H,5-10,13H2,1-4H3/t18-,19-,22-/m1/s1. The van der Waals surface area contributed by atoms with Crippen LogP contribution in [-0.4, -0.2) is 89.6 Å². The van der Waals surface area contributed by atoms with Crippen LogP contribution in [0.15, 0.2) is 12.1 Å². The van der Waals surface area contributed by atoms with Crippen LogP contribution in [-0.2, 0) is 9.59 Å². The number of piperazine rings is 1. The molecular weight excluding hydrogens is 406 g/mol. The van der Waals surface area contributed by atoms with Gasteiger partial charge in [-0.25, -0.2) is 0 Å². The minimum atomic E-state index is -0.608. The van der Waals surface area contributed by atoms with Gasteiger partial charge in [-0.3, -0.25) is 14.5 Å². The van der Waals surface area contributed by atoms with Gasteiger partial charge in [0, 0.05) is 51.2 Å². The first-order valence-electron chi connectivity index (χ1n) is 10.5. The van der Waals surface area contributed by atoms with E-state index in [-0.39, 0.29) is 30.5 Å². The van der Waals surface area contributed by atoms with E-state index in [0.717, 1.165) is 37.1 Å². The van der Waals surface area contributed by atoms with E-state index in [2.05, 4.69) is 4.90 Å². The van der Waals surface area contributed by atoms with Crippen LogP contribution in [0.1, 0.15) is 30.9 Å². The van der Waals surface area contributed by atoms with Crippen molar-refractivity contribution in [2.75, 3.05) is 39.8 Å². The molecule has 0 radical (unpaired) electrons. The molecule has 1 saturated carbocycles. The number of amides is 2. The summed E-state index contributed by atoms with van der Waals surface area (Å²) in [5.41, 5.74) is 1.82. The normalized spacial score (nSPS) is 24.7. The van der Waals surface area contributed by atoms with Gasteiger partial charge in [0.25, 0.3) is 5.91 Å². The zero-order valence-corrected chi connectivity index (χ0v) is 19.0. The Hall–Kier alpha value is -1.83. The number of aliphatic hydroxyl groups excluding tert-OH is 1. The first-order chi connectivity index (χ1) is 14.2. The first-order valence-corrected chi connectivity index (χ1v) is 10.9. The zero-order valence-electron chi connectivity index (χ0n) is 18.2. The lowest BCUT2D eigenvalue weighted by atomic mass is 10.1. The SMILES string of the molecule is CC(=O)N1CCN([C@@H]2CC[C@@H](N(C)C(=O)COc3cc(C)c(Cl)c(C)c3)[C@H]2O)CC1. The number of halogens is 1. The molecule has 166 valence electrons. The molecule has 2 fully saturated rings. The Morgan fingerprint density at radius 1 is 1.17 bits per heavy atom. The van der Waals surface area contributed by atoms with Crippen LogP contribution in [0.3, 0.4) is 0 Å². The van der Waals surface area contributed by atoms with E-state index in [1.54, 1.807) is 18.9 Å². The summed E-state index contributed by atoms with van der Waals surface area (Å²) in [4.78, 5) is 29.9. The number of carbonyl (C=O) groups is 2. The van der Waals surface area contributed by atoms with E-state index in [9.17, 15) is 14.7 Å². The molecule has 0 bridgehead atoms. The fourth-order valence-corrected chi connectivity index (χ4v) is 4.66. The highest BCUT2D eigenvalue weighted by atomic mass is 35.5. The van der Waals surface area contributed by atoms with Gasteiger partial charge < -0.3 is 19.6 Å². The quantitative estimate of drug-likeness (QED) is 0.761. The topological polar surface area (TPSA) is 73.3 Å². The van der Waals surface area contributed by atoms with E-state index in [0.29, 0.717) is 23.9 Å². The van der Waals surface area contributed by atoms with Crippen LogP contribution in [0.2, 0.25) is 5.02 Å². The van der Waals surface area contributed by atoms with Crippen molar-refractivity contribution >= 4 is 23.4 Å². The average molecular weight is 438 g/mol. The Kier molecular flexibility index (Phi) is 7.26. The van der Waals surface area contributed by atoms with Gasteiger partial charge in [0.1, 0.15) is 5.75 Å². The van der Waals surface area contributed by atoms with Crippen molar-refractivity contribution in [2.45, 2.75) is 51.8 Å². The molecule has 0 aromatic heterocycles. The van der Waals surface area contributed by atoms with Gasteiger partial charge >= 0.3 is 0 Å². The number of nitrogens with zero attached hydrogens (tertiary/aromatic N) is 3. The summed E-state index contributed by atoms with van der Waals surface area (Å²) in [7, 11) is 1.73. The molecule has 2 aliphatic rings. The first kappa shape index (κ1) is 22.8. The molecule has 30 heavy (non-hydrogen) atoms. The summed E-state index contributed by atoms with van der Waals surface area (Å²) in [6.07, 6.45) is 0.975. The predicted octanol–water partition coefficient (Wildman–Crippen LogP) is 1.85. The summed E-state index contributed by atoms with van der Waals surface area (Å²) in [6, 6.07) is 3.43. The molecule has 8 heteroatoms. The second kappa shape index (κ2) is 9.54. The summed E-state index contributed by atoms with van der Waals surface area (Å²) in [6.45, 7) is 8.20. The van der Waals surface area contributed by atoms with Crippen molar-refractivity contribution in [3.63, 3.8) is 0 Å². The van der Waals surface area contributed by atoms with E-state index in [1.807, 2.05) is 30.9 Å². The molecule has 3 atom stereocenters. The highest BCUT2D eigenvalue weighted by molar-refractivity contribution is 6.32. The van der Waals surface area contributed by atoms with Crippen LogP contribution in [0.5, 0.6) is 5.75 Å². The number of aliphatic hydroxyl groups is 1. The van der Waals surface area contributed by atoms with E-state index in [4.69, 9.17) is 16.3 Å². The lowest BCUT2D eigenvalue weighted by molar-refractivity contribution is -0.137. The number of likely N-dealkylation sites (N-methyl/N-ethyl adjacent to an activating group) is 1. The third kappa shape index (κ3) is 4.90. The molecule has 2 amide bonds. The van der Waals surface area contributed by atoms with Crippen molar-refractivity contribution in [1.82, 2.24) is 14.7 Å². The second-order valence-corrected chi connectivity index (χ2v) is 8.79. The lowest BCUT2D eigenvalue weighted by Gasteiger charge is -2.39. The minimum Gasteiger partial charge on any atom is -0.484 e. The number of carbonyl (C=O) groups excluding carboxylic acids is 2. The molecular formula is C22H32ClN3O4. The molecule has 1 aromatic rings. The van der Waals surface area contributed by atoms with E-state index < -0.39 is 6.10 Å². The van der Waals surface area contributed by atoms with Crippen molar-refractivity contribution in [1.29, 1.82) is 0 Å². The monoisotopic (exact) mass is 437 g/mol. The van der Waals surface area contributed by atoms with Gasteiger partial charge in [0.05, 0.1) is 12.1 Å². The Morgan fingerprint density at radius 2 is 1.77 bits per heavy atom. The average Bonchev–Trinajstić information content (AvgIpc) is 3.10. The number of ether oxygens (including phenoxy) is 1. The maximum Gasteiger partial charge on any atom is 0.260 e. The molecule has 3 rings (SSSR count). The van der Waals surface area contributed by atoms with Crippen LogP contribution in [0, 0.1) is 13.8 Å². The van der Waals surface area contributed by atoms with E-state index in [1.165, 1.54) is 0 Å². The highest BCUT2D eigenvalue weighted by Gasteiger charge is 2.42. The van der Waals surface area contributed by atoms with Crippen molar-refractivity contribution in [3.8, 4) is 5.75 Å². The van der Waals surface area contributed by atoms with Gasteiger partial charge in [-0.2, -0.15) is 0 Å². The van der Waals surface area contributed by atoms with Crippen molar-refractivity contribution in [3.05, 3.63) is 28.3 Å². The van der Waals surface area contributed by atoms with Crippen molar-refractivity contribution in [2.24, 2.45) is 0 Å². The molecule has 1 N–H and O–H groups in total. The van der Waals surface area contributed by atoms with Gasteiger partial charge in [-0.05, 0) is 49.9 Å². The van der Waals surface area contributed by atoms with Crippen LogP contribution >= 0.6 is 11.6 Å². The largest absolute Gasteiger partial charge is 0.484 e. The fraction of sp³-hybridized carbons (Fsp3) is 0.636. The Bertz CT molecular complexity index is 772. The molecule has 1 heterocycles. The Labute approximate surface area is 183 Å². The zero-order chi connectivity index (χ0) is 22.0. The van der Waals surface area contributed by atoms with E-state index >= 15 is 0 Å². The maximum atomic E-state index is 12.7. The highest BCUT2D eigenvalue weighted by Crippen LogP contribution is 2.29. The number of aryl methyl sites for hydroxylation is 2. The van der Waals surface area contributed by atoms with Crippen molar-refractivity contribution < 1.29 is 19.4 Å². The van der Waals surface area contributed by atoms with Gasteiger partial charge in [-0.15, -0.1) is 0 Å². The predicted molar refractivity (Wildman–Crippen MR) is 116 cm³/mol. The molecule has 1 aliphatic carbocycles. The second-order valence-electron chi connectivity index (χ2n) is 8.41. The molecule has 0 unspecified atom stereocenters. The summed E-state index contributed by atoms with van der Waals surface area (Å²) in [5, 5.41) is 11.6. The summed E-state index contributed by atoms with van der Waals surface area (Å²) in [5.74, 6) is 0.548. The molecule has 7 nitrogen and oxygen atoms in total. The Balaban J connectivity index is 1.53.